The quantitative estimate of drug-likeness (QED) is 0.211. The van der Waals surface area contributed by atoms with Crippen molar-refractivity contribution < 1.29 is 41.8 Å². The molecule has 6 rings (SSSR count). The molecule has 0 bridgehead atoms. The predicted octanol–water partition coefficient (Wildman–Crippen LogP) is 3.47. The Labute approximate surface area is 253 Å². The van der Waals surface area contributed by atoms with Crippen molar-refractivity contribution >= 4 is 28.6 Å². The summed E-state index contributed by atoms with van der Waals surface area (Å²) in [6, 6.07) is 11.0. The first kappa shape index (κ1) is 30.2. The van der Waals surface area contributed by atoms with Gasteiger partial charge in [-0.05, 0) is 35.4 Å². The van der Waals surface area contributed by atoms with Crippen LogP contribution in [0.4, 0.5) is 17.6 Å². The summed E-state index contributed by atoms with van der Waals surface area (Å²) in [7, 11) is 0. The Morgan fingerprint density at radius 1 is 1.09 bits per heavy atom. The SMILES string of the molecule is O=C(NCC(=O)N1C[C@H](OC(F)F)C[C@@H]1C(=O)N[C@H](CO)c1cc2cnccc2[nH]1)c1ccc2c(c1)-c1ccccc1C2(F)F. The molecule has 234 valence electrons. The van der Waals surface area contributed by atoms with E-state index in [2.05, 4.69) is 25.3 Å². The molecule has 1 aliphatic carbocycles. The number of aliphatic hydroxyl groups excluding tert-OH is 1. The number of hydrogen-bond donors (Lipinski definition) is 4. The van der Waals surface area contributed by atoms with E-state index >= 15 is 0 Å². The highest BCUT2D eigenvalue weighted by molar-refractivity contribution is 5.99. The number of benzene rings is 2. The fraction of sp³-hybridized carbons (Fsp3) is 0.290. The van der Waals surface area contributed by atoms with E-state index < -0.39 is 61.6 Å². The van der Waals surface area contributed by atoms with Crippen LogP contribution >= 0.6 is 0 Å². The maximum atomic E-state index is 14.9. The Balaban J connectivity index is 1.15. The van der Waals surface area contributed by atoms with E-state index in [0.717, 1.165) is 10.3 Å². The number of rotatable bonds is 9. The zero-order valence-corrected chi connectivity index (χ0v) is 23.5. The second kappa shape index (κ2) is 11.9. The molecule has 0 saturated carbocycles. The number of carbonyl (C=O) groups is 3. The summed E-state index contributed by atoms with van der Waals surface area (Å²) in [6.45, 7) is -4.59. The number of amides is 3. The van der Waals surface area contributed by atoms with Gasteiger partial charge in [-0.1, -0.05) is 30.3 Å². The number of likely N-dealkylation sites (tertiary alicyclic amines) is 1. The molecule has 2 aliphatic rings. The van der Waals surface area contributed by atoms with Gasteiger partial charge in [0.1, 0.15) is 6.04 Å². The average molecular weight is 626 g/mol. The van der Waals surface area contributed by atoms with Crippen molar-refractivity contribution in [3.05, 3.63) is 89.4 Å². The van der Waals surface area contributed by atoms with E-state index in [1.807, 2.05) is 0 Å². The van der Waals surface area contributed by atoms with Crippen LogP contribution in [0, 0.1) is 0 Å². The average Bonchev–Trinajstić information content (AvgIpc) is 3.71. The summed E-state index contributed by atoms with van der Waals surface area (Å²) >= 11 is 0. The molecule has 0 unspecified atom stereocenters. The number of ether oxygens (including phenoxy) is 1. The largest absolute Gasteiger partial charge is 0.394 e. The minimum Gasteiger partial charge on any atom is -0.394 e. The van der Waals surface area contributed by atoms with E-state index in [0.29, 0.717) is 16.8 Å². The number of aromatic amines is 1. The zero-order valence-electron chi connectivity index (χ0n) is 23.5. The van der Waals surface area contributed by atoms with Crippen LogP contribution in [0.3, 0.4) is 0 Å². The number of fused-ring (bicyclic) bond motifs is 4. The molecule has 2 aromatic carbocycles. The lowest BCUT2D eigenvalue weighted by atomic mass is 10.0. The second-order valence-electron chi connectivity index (χ2n) is 10.8. The Kier molecular flexibility index (Phi) is 8.01. The molecule has 45 heavy (non-hydrogen) atoms. The number of H-pyrrole nitrogens is 1. The minimum atomic E-state index is -3.22. The molecule has 1 saturated heterocycles. The standard InChI is InChI=1S/C31H27F4N5O5/c32-30(33)45-18-11-26(29(44)39-25(15-41)24-10-17-12-36-8-7-23(17)38-24)40(14-18)27(42)13-37-28(43)16-5-6-22-20(9-16)19-3-1-2-4-21(19)31(22,34)35/h1-10,12,18,25-26,30,38,41H,11,13-15H2,(H,37,43)(H,39,44)/t18-,25-,26-/m1/s1. The topological polar surface area (TPSA) is 137 Å². The third-order valence-corrected chi connectivity index (χ3v) is 8.07. The Morgan fingerprint density at radius 2 is 1.87 bits per heavy atom. The Hall–Kier alpha value is -4.82. The highest BCUT2D eigenvalue weighted by atomic mass is 19.3. The Bertz CT molecular complexity index is 1750. The van der Waals surface area contributed by atoms with Gasteiger partial charge in [-0.2, -0.15) is 17.6 Å². The molecule has 1 fully saturated rings. The Morgan fingerprint density at radius 3 is 2.62 bits per heavy atom. The third-order valence-electron chi connectivity index (χ3n) is 8.07. The molecule has 1 aliphatic heterocycles. The summed E-state index contributed by atoms with van der Waals surface area (Å²) in [5.41, 5.74) is 1.30. The lowest BCUT2D eigenvalue weighted by Crippen LogP contribution is -2.50. The first-order valence-electron chi connectivity index (χ1n) is 14.0. The van der Waals surface area contributed by atoms with Gasteiger partial charge in [0.15, 0.2) is 0 Å². The van der Waals surface area contributed by atoms with Crippen molar-refractivity contribution in [1.29, 1.82) is 0 Å². The number of alkyl halides is 4. The molecule has 10 nitrogen and oxygen atoms in total. The monoisotopic (exact) mass is 625 g/mol. The van der Waals surface area contributed by atoms with E-state index in [1.54, 1.807) is 30.6 Å². The van der Waals surface area contributed by atoms with E-state index in [4.69, 9.17) is 0 Å². The summed E-state index contributed by atoms with van der Waals surface area (Å²) in [5.74, 6) is -5.42. The predicted molar refractivity (Wildman–Crippen MR) is 152 cm³/mol. The zero-order chi connectivity index (χ0) is 31.9. The van der Waals surface area contributed by atoms with Crippen molar-refractivity contribution in [2.24, 2.45) is 0 Å². The van der Waals surface area contributed by atoms with Crippen LogP contribution in [0.2, 0.25) is 0 Å². The highest BCUT2D eigenvalue weighted by Gasteiger charge is 2.44. The normalized spacial score (nSPS) is 18.9. The molecular weight excluding hydrogens is 598 g/mol. The van der Waals surface area contributed by atoms with Gasteiger partial charge in [0.2, 0.25) is 11.8 Å². The fourth-order valence-electron chi connectivity index (χ4n) is 5.92. The number of hydrogen-bond acceptors (Lipinski definition) is 6. The molecular formula is C31H27F4N5O5. The van der Waals surface area contributed by atoms with Gasteiger partial charge in [0, 0.05) is 58.6 Å². The van der Waals surface area contributed by atoms with Crippen LogP contribution in [-0.2, 0) is 20.2 Å². The summed E-state index contributed by atoms with van der Waals surface area (Å²) < 4.78 is 60.4. The molecule has 14 heteroatoms. The number of nitrogens with zero attached hydrogens (tertiary/aromatic N) is 2. The number of nitrogens with one attached hydrogen (secondary N) is 3. The number of carbonyl (C=O) groups excluding carboxylic acids is 3. The highest BCUT2D eigenvalue weighted by Crippen LogP contribution is 2.50. The van der Waals surface area contributed by atoms with Crippen molar-refractivity contribution in [3.63, 3.8) is 0 Å². The van der Waals surface area contributed by atoms with Crippen LogP contribution in [0.25, 0.3) is 22.0 Å². The van der Waals surface area contributed by atoms with E-state index in [1.165, 1.54) is 36.4 Å². The molecule has 0 radical (unpaired) electrons. The van der Waals surface area contributed by atoms with Crippen LogP contribution in [0.1, 0.15) is 39.6 Å². The third kappa shape index (κ3) is 5.73. The van der Waals surface area contributed by atoms with Gasteiger partial charge in [0.25, 0.3) is 11.8 Å². The lowest BCUT2D eigenvalue weighted by molar-refractivity contribution is -0.160. The van der Waals surface area contributed by atoms with Gasteiger partial charge < -0.3 is 30.4 Å². The van der Waals surface area contributed by atoms with Crippen molar-refractivity contribution in [3.8, 4) is 11.1 Å². The van der Waals surface area contributed by atoms with Gasteiger partial charge in [0.05, 0.1) is 25.3 Å². The maximum Gasteiger partial charge on any atom is 0.345 e. The molecule has 3 amide bonds. The van der Waals surface area contributed by atoms with Crippen molar-refractivity contribution in [2.45, 2.75) is 37.1 Å². The first-order chi connectivity index (χ1) is 21.6. The number of aromatic nitrogens is 2. The molecule has 4 aromatic rings. The number of aliphatic hydroxyl groups is 1. The van der Waals surface area contributed by atoms with Crippen LogP contribution in [-0.4, -0.2) is 76.1 Å². The second-order valence-corrected chi connectivity index (χ2v) is 10.8. The van der Waals surface area contributed by atoms with Gasteiger partial charge in [-0.25, -0.2) is 0 Å². The molecule has 3 atom stereocenters. The van der Waals surface area contributed by atoms with Gasteiger partial charge >= 0.3 is 6.61 Å². The van der Waals surface area contributed by atoms with Gasteiger partial charge in [-0.15, -0.1) is 0 Å². The van der Waals surface area contributed by atoms with Crippen molar-refractivity contribution in [2.75, 3.05) is 19.7 Å². The smallest absolute Gasteiger partial charge is 0.345 e. The summed E-state index contributed by atoms with van der Waals surface area (Å²) in [4.78, 5) is 47.7. The van der Waals surface area contributed by atoms with Gasteiger partial charge in [-0.3, -0.25) is 19.4 Å². The summed E-state index contributed by atoms with van der Waals surface area (Å²) in [5, 5.41) is 15.8. The molecule has 3 heterocycles. The lowest BCUT2D eigenvalue weighted by Gasteiger charge is -2.25. The molecule has 4 N–H and O–H groups in total. The number of halogens is 4. The first-order valence-corrected chi connectivity index (χ1v) is 14.0. The van der Waals surface area contributed by atoms with Crippen molar-refractivity contribution in [1.82, 2.24) is 25.5 Å². The summed E-state index contributed by atoms with van der Waals surface area (Å²) in [6.07, 6.45) is 1.76. The van der Waals surface area contributed by atoms with Crippen LogP contribution < -0.4 is 10.6 Å². The van der Waals surface area contributed by atoms with E-state index in [9.17, 15) is 37.1 Å². The maximum absolute atomic E-state index is 14.9. The molecule has 0 spiro atoms. The van der Waals surface area contributed by atoms with E-state index in [-0.39, 0.29) is 35.2 Å². The molecule has 2 aromatic heterocycles. The van der Waals surface area contributed by atoms with Crippen LogP contribution in [0.5, 0.6) is 0 Å². The fourth-order valence-corrected chi connectivity index (χ4v) is 5.92. The minimum absolute atomic E-state index is 0.0306. The van der Waals surface area contributed by atoms with Crippen LogP contribution in [0.15, 0.2) is 67.0 Å². The number of pyridine rings is 1.